The number of carbonyl (C=O) groups is 1. The highest BCUT2D eigenvalue weighted by Crippen LogP contribution is 2.16. The van der Waals surface area contributed by atoms with Crippen molar-refractivity contribution in [3.8, 4) is 0 Å². The maximum atomic E-state index is 11.7. The third kappa shape index (κ3) is 3.88. The first kappa shape index (κ1) is 11.9. The molecule has 2 unspecified atom stereocenters. The van der Waals surface area contributed by atoms with E-state index in [0.29, 0.717) is 6.04 Å². The van der Waals surface area contributed by atoms with Crippen LogP contribution in [0.5, 0.6) is 0 Å². The van der Waals surface area contributed by atoms with Gasteiger partial charge in [-0.25, -0.2) is 0 Å². The van der Waals surface area contributed by atoms with Gasteiger partial charge in [0, 0.05) is 17.5 Å². The third-order valence-corrected chi connectivity index (χ3v) is 3.13. The molecule has 0 aliphatic carbocycles. The van der Waals surface area contributed by atoms with Crippen molar-refractivity contribution in [3.63, 3.8) is 0 Å². The second-order valence-electron chi connectivity index (χ2n) is 4.69. The summed E-state index contributed by atoms with van der Waals surface area (Å²) >= 11 is 1.80. The van der Waals surface area contributed by atoms with Crippen LogP contribution in [0.15, 0.2) is 0 Å². The van der Waals surface area contributed by atoms with Gasteiger partial charge in [-0.05, 0) is 27.7 Å². The molecule has 1 saturated heterocycles. The van der Waals surface area contributed by atoms with Crippen LogP contribution in [0, 0.1) is 0 Å². The van der Waals surface area contributed by atoms with E-state index in [1.807, 2.05) is 20.8 Å². The molecule has 0 spiro atoms. The summed E-state index contributed by atoms with van der Waals surface area (Å²) in [6.07, 6.45) is 0. The van der Waals surface area contributed by atoms with Gasteiger partial charge in [0.25, 0.3) is 0 Å². The van der Waals surface area contributed by atoms with Gasteiger partial charge in [0.2, 0.25) is 0 Å². The molecule has 2 atom stereocenters. The lowest BCUT2D eigenvalue weighted by molar-refractivity contribution is -0.157. The molecule has 0 bridgehead atoms. The minimum absolute atomic E-state index is 0.128. The fraction of sp³-hybridized carbons (Fsp3) is 0.900. The topological polar surface area (TPSA) is 38.3 Å². The number of ether oxygens (including phenoxy) is 1. The molecule has 1 aliphatic heterocycles. The van der Waals surface area contributed by atoms with Gasteiger partial charge in [0.05, 0.1) is 0 Å². The Balaban J connectivity index is 2.44. The first-order valence-corrected chi connectivity index (χ1v) is 6.10. The SMILES string of the molecule is CC1CSCC(C(=O)OC(C)(C)C)N1. The summed E-state index contributed by atoms with van der Waals surface area (Å²) in [4.78, 5) is 11.7. The van der Waals surface area contributed by atoms with Gasteiger partial charge in [-0.3, -0.25) is 4.79 Å². The molecule has 1 rings (SSSR count). The van der Waals surface area contributed by atoms with Crippen LogP contribution in [0.4, 0.5) is 0 Å². The fourth-order valence-corrected chi connectivity index (χ4v) is 2.37. The third-order valence-electron chi connectivity index (χ3n) is 1.83. The summed E-state index contributed by atoms with van der Waals surface area (Å²) in [7, 11) is 0. The average molecular weight is 217 g/mol. The van der Waals surface area contributed by atoms with Crippen molar-refractivity contribution in [2.45, 2.75) is 45.4 Å². The molecule has 4 heteroatoms. The fourth-order valence-electron chi connectivity index (χ4n) is 1.31. The predicted octanol–water partition coefficient (Wildman–Crippen LogP) is 1.42. The number of rotatable bonds is 1. The van der Waals surface area contributed by atoms with E-state index in [-0.39, 0.29) is 17.6 Å². The molecule has 0 saturated carbocycles. The Morgan fingerprint density at radius 2 is 2.07 bits per heavy atom. The van der Waals surface area contributed by atoms with Crippen molar-refractivity contribution >= 4 is 17.7 Å². The Bertz CT molecular complexity index is 213. The van der Waals surface area contributed by atoms with Gasteiger partial charge in [-0.2, -0.15) is 11.8 Å². The Kier molecular flexibility index (Phi) is 3.84. The van der Waals surface area contributed by atoms with Gasteiger partial charge in [-0.15, -0.1) is 0 Å². The van der Waals surface area contributed by atoms with Crippen LogP contribution in [-0.4, -0.2) is 35.2 Å². The molecule has 0 aromatic rings. The predicted molar refractivity (Wildman–Crippen MR) is 59.6 cm³/mol. The number of thioether (sulfide) groups is 1. The molecule has 1 fully saturated rings. The van der Waals surface area contributed by atoms with Crippen molar-refractivity contribution < 1.29 is 9.53 Å². The van der Waals surface area contributed by atoms with Crippen LogP contribution in [-0.2, 0) is 9.53 Å². The minimum atomic E-state index is -0.385. The Labute approximate surface area is 90.0 Å². The average Bonchev–Trinajstić information content (AvgIpc) is 2.01. The molecule has 0 amide bonds. The smallest absolute Gasteiger partial charge is 0.324 e. The molecule has 0 aromatic heterocycles. The van der Waals surface area contributed by atoms with Crippen LogP contribution >= 0.6 is 11.8 Å². The second kappa shape index (κ2) is 4.53. The summed E-state index contributed by atoms with van der Waals surface area (Å²) in [5.41, 5.74) is -0.385. The van der Waals surface area contributed by atoms with Crippen molar-refractivity contribution in [1.29, 1.82) is 0 Å². The zero-order valence-electron chi connectivity index (χ0n) is 9.29. The van der Waals surface area contributed by atoms with Gasteiger partial charge in [0.1, 0.15) is 11.6 Å². The molecular weight excluding hydrogens is 198 g/mol. The molecular formula is C10H19NO2S. The number of nitrogens with one attached hydrogen (secondary N) is 1. The number of carbonyl (C=O) groups excluding carboxylic acids is 1. The summed E-state index contributed by atoms with van der Waals surface area (Å²) < 4.78 is 5.31. The second-order valence-corrected chi connectivity index (χ2v) is 5.77. The largest absolute Gasteiger partial charge is 0.459 e. The summed E-state index contributed by atoms with van der Waals surface area (Å²) in [5, 5.41) is 3.24. The lowest BCUT2D eigenvalue weighted by Gasteiger charge is -2.29. The molecule has 0 radical (unpaired) electrons. The van der Waals surface area contributed by atoms with Gasteiger partial charge in [-0.1, -0.05) is 0 Å². The molecule has 14 heavy (non-hydrogen) atoms. The van der Waals surface area contributed by atoms with Crippen molar-refractivity contribution in [2.75, 3.05) is 11.5 Å². The maximum absolute atomic E-state index is 11.7. The van der Waals surface area contributed by atoms with Gasteiger partial charge < -0.3 is 10.1 Å². The molecule has 3 nitrogen and oxygen atoms in total. The minimum Gasteiger partial charge on any atom is -0.459 e. The van der Waals surface area contributed by atoms with E-state index >= 15 is 0 Å². The number of hydrogen-bond acceptors (Lipinski definition) is 4. The van der Waals surface area contributed by atoms with E-state index in [9.17, 15) is 4.79 Å². The molecule has 1 N–H and O–H groups in total. The quantitative estimate of drug-likeness (QED) is 0.674. The van der Waals surface area contributed by atoms with Crippen LogP contribution in [0.2, 0.25) is 0 Å². The summed E-state index contributed by atoms with van der Waals surface area (Å²) in [6.45, 7) is 7.77. The Morgan fingerprint density at radius 1 is 1.43 bits per heavy atom. The monoisotopic (exact) mass is 217 g/mol. The van der Waals surface area contributed by atoms with E-state index in [2.05, 4.69) is 12.2 Å². The Hall–Kier alpha value is -0.220. The van der Waals surface area contributed by atoms with E-state index in [4.69, 9.17) is 4.74 Å². The lowest BCUT2D eigenvalue weighted by Crippen LogP contribution is -2.50. The normalized spacial score (nSPS) is 28.6. The number of hydrogen-bond donors (Lipinski definition) is 1. The zero-order chi connectivity index (χ0) is 10.8. The first-order chi connectivity index (χ1) is 6.38. The van der Waals surface area contributed by atoms with Gasteiger partial charge >= 0.3 is 5.97 Å². The highest BCUT2D eigenvalue weighted by atomic mass is 32.2. The zero-order valence-corrected chi connectivity index (χ0v) is 10.1. The van der Waals surface area contributed by atoms with Crippen LogP contribution in [0.3, 0.4) is 0 Å². The summed E-state index contributed by atoms with van der Waals surface area (Å²) in [6, 6.07) is 0.259. The Morgan fingerprint density at radius 3 is 2.57 bits per heavy atom. The first-order valence-electron chi connectivity index (χ1n) is 4.95. The van der Waals surface area contributed by atoms with E-state index in [1.165, 1.54) is 0 Å². The van der Waals surface area contributed by atoms with E-state index in [1.54, 1.807) is 11.8 Å². The van der Waals surface area contributed by atoms with Crippen LogP contribution < -0.4 is 5.32 Å². The van der Waals surface area contributed by atoms with Crippen LogP contribution in [0.25, 0.3) is 0 Å². The molecule has 1 heterocycles. The van der Waals surface area contributed by atoms with Crippen molar-refractivity contribution in [1.82, 2.24) is 5.32 Å². The van der Waals surface area contributed by atoms with Crippen LogP contribution in [0.1, 0.15) is 27.7 Å². The standard InChI is InChI=1S/C10H19NO2S/c1-7-5-14-6-8(11-7)9(12)13-10(2,3)4/h7-8,11H,5-6H2,1-4H3. The molecule has 1 aliphatic rings. The van der Waals surface area contributed by atoms with E-state index in [0.717, 1.165) is 11.5 Å². The molecule has 0 aromatic carbocycles. The van der Waals surface area contributed by atoms with Crippen molar-refractivity contribution in [2.24, 2.45) is 0 Å². The highest BCUT2D eigenvalue weighted by Gasteiger charge is 2.28. The summed E-state index contributed by atoms with van der Waals surface area (Å²) in [5.74, 6) is 1.76. The van der Waals surface area contributed by atoms with E-state index < -0.39 is 0 Å². The highest BCUT2D eigenvalue weighted by molar-refractivity contribution is 7.99. The molecule has 82 valence electrons. The van der Waals surface area contributed by atoms with Gasteiger partial charge in [0.15, 0.2) is 0 Å². The maximum Gasteiger partial charge on any atom is 0.324 e. The number of esters is 1. The van der Waals surface area contributed by atoms with Crippen molar-refractivity contribution in [3.05, 3.63) is 0 Å². The lowest BCUT2D eigenvalue weighted by atomic mass is 10.2.